The molecule has 1 amide bonds. The van der Waals surface area contributed by atoms with Crippen molar-refractivity contribution in [2.24, 2.45) is 0 Å². The van der Waals surface area contributed by atoms with Gasteiger partial charge in [0.2, 0.25) is 0 Å². The Morgan fingerprint density at radius 1 is 1.29 bits per heavy atom. The molecule has 7 heteroatoms. The molecule has 130 valence electrons. The van der Waals surface area contributed by atoms with E-state index in [0.717, 1.165) is 18.5 Å². The third-order valence-electron chi connectivity index (χ3n) is 3.26. The Balaban J connectivity index is 2.22. The van der Waals surface area contributed by atoms with Gasteiger partial charge < -0.3 is 14.8 Å². The zero-order chi connectivity index (χ0) is 17.5. The molecule has 2 rings (SSSR count). The number of nitrogens with one attached hydrogen (secondary N) is 2. The second-order valence-corrected chi connectivity index (χ2v) is 5.72. The molecule has 1 aromatic carbocycles. The van der Waals surface area contributed by atoms with E-state index in [9.17, 15) is 4.79 Å². The Labute approximate surface area is 146 Å². The SMILES string of the molecule is CCCCOc1c(Cl)cc(C(=O)Nc2cc(C)[nH]n2)cc1OCC. The standard InChI is InChI=1S/C17H22ClN3O3/c1-4-6-7-24-16-13(18)9-12(10-14(16)23-5-2)17(22)19-15-8-11(3)20-21-15/h8-10H,4-7H2,1-3H3,(H2,19,20,21,22). The van der Waals surface area contributed by atoms with E-state index in [-0.39, 0.29) is 5.91 Å². The molecular weight excluding hydrogens is 330 g/mol. The van der Waals surface area contributed by atoms with Crippen molar-refractivity contribution in [3.8, 4) is 11.5 Å². The number of unbranched alkanes of at least 4 members (excludes halogenated alkanes) is 1. The van der Waals surface area contributed by atoms with Crippen LogP contribution in [-0.4, -0.2) is 29.3 Å². The van der Waals surface area contributed by atoms with Crippen LogP contribution in [0.5, 0.6) is 11.5 Å². The van der Waals surface area contributed by atoms with Gasteiger partial charge in [-0.2, -0.15) is 5.10 Å². The van der Waals surface area contributed by atoms with Crippen molar-refractivity contribution in [3.05, 3.63) is 34.5 Å². The van der Waals surface area contributed by atoms with E-state index in [4.69, 9.17) is 21.1 Å². The minimum atomic E-state index is -0.315. The minimum Gasteiger partial charge on any atom is -0.490 e. The van der Waals surface area contributed by atoms with Crippen molar-refractivity contribution < 1.29 is 14.3 Å². The molecule has 0 aliphatic carbocycles. The van der Waals surface area contributed by atoms with E-state index in [1.54, 1.807) is 18.2 Å². The lowest BCUT2D eigenvalue weighted by atomic mass is 10.2. The van der Waals surface area contributed by atoms with Gasteiger partial charge >= 0.3 is 0 Å². The first-order valence-corrected chi connectivity index (χ1v) is 8.35. The fourth-order valence-electron chi connectivity index (χ4n) is 2.09. The number of aromatic nitrogens is 2. The molecule has 2 N–H and O–H groups in total. The molecule has 0 radical (unpaired) electrons. The van der Waals surface area contributed by atoms with E-state index in [1.165, 1.54) is 0 Å². The van der Waals surface area contributed by atoms with Crippen LogP contribution in [0.25, 0.3) is 0 Å². The second-order valence-electron chi connectivity index (χ2n) is 5.31. The average molecular weight is 352 g/mol. The summed E-state index contributed by atoms with van der Waals surface area (Å²) in [6, 6.07) is 4.94. The number of amides is 1. The van der Waals surface area contributed by atoms with Gasteiger partial charge in [0.25, 0.3) is 5.91 Å². The van der Waals surface area contributed by atoms with Gasteiger partial charge in [0, 0.05) is 17.3 Å². The maximum Gasteiger partial charge on any atom is 0.257 e. The molecule has 1 heterocycles. The highest BCUT2D eigenvalue weighted by molar-refractivity contribution is 6.32. The highest BCUT2D eigenvalue weighted by Gasteiger charge is 2.17. The largest absolute Gasteiger partial charge is 0.490 e. The molecule has 0 unspecified atom stereocenters. The van der Waals surface area contributed by atoms with Crippen LogP contribution in [0.15, 0.2) is 18.2 Å². The quantitative estimate of drug-likeness (QED) is 0.699. The summed E-state index contributed by atoms with van der Waals surface area (Å²) < 4.78 is 11.3. The number of anilines is 1. The first-order chi connectivity index (χ1) is 11.5. The van der Waals surface area contributed by atoms with Crippen LogP contribution in [0.2, 0.25) is 5.02 Å². The lowest BCUT2D eigenvalue weighted by Crippen LogP contribution is -2.13. The Kier molecular flexibility index (Phi) is 6.49. The van der Waals surface area contributed by atoms with Gasteiger partial charge in [0.15, 0.2) is 17.3 Å². The first kappa shape index (κ1) is 18.1. The van der Waals surface area contributed by atoms with Crippen molar-refractivity contribution in [2.45, 2.75) is 33.6 Å². The molecule has 0 saturated carbocycles. The maximum absolute atomic E-state index is 12.4. The number of nitrogens with zero attached hydrogens (tertiary/aromatic N) is 1. The molecule has 24 heavy (non-hydrogen) atoms. The molecular formula is C17H22ClN3O3. The van der Waals surface area contributed by atoms with Gasteiger partial charge in [0.05, 0.1) is 18.2 Å². The number of aromatic amines is 1. The number of H-pyrrole nitrogens is 1. The summed E-state index contributed by atoms with van der Waals surface area (Å²) in [5.41, 5.74) is 1.24. The predicted molar refractivity (Wildman–Crippen MR) is 94.3 cm³/mol. The zero-order valence-corrected chi connectivity index (χ0v) is 14.9. The average Bonchev–Trinajstić information content (AvgIpc) is 2.95. The van der Waals surface area contributed by atoms with Gasteiger partial charge in [-0.1, -0.05) is 24.9 Å². The lowest BCUT2D eigenvalue weighted by Gasteiger charge is -2.15. The molecule has 1 aromatic heterocycles. The minimum absolute atomic E-state index is 0.315. The topological polar surface area (TPSA) is 76.2 Å². The van der Waals surface area contributed by atoms with Crippen LogP contribution in [0.3, 0.4) is 0 Å². The number of ether oxygens (including phenoxy) is 2. The third-order valence-corrected chi connectivity index (χ3v) is 3.54. The molecule has 0 aliphatic rings. The van der Waals surface area contributed by atoms with Crippen molar-refractivity contribution in [3.63, 3.8) is 0 Å². The lowest BCUT2D eigenvalue weighted by molar-refractivity contribution is 0.102. The van der Waals surface area contributed by atoms with Gasteiger partial charge in [0.1, 0.15) is 0 Å². The van der Waals surface area contributed by atoms with Crippen LogP contribution in [0, 0.1) is 6.92 Å². The fraction of sp³-hybridized carbons (Fsp3) is 0.412. The highest BCUT2D eigenvalue weighted by atomic mass is 35.5. The van der Waals surface area contributed by atoms with Gasteiger partial charge in [-0.25, -0.2) is 0 Å². The van der Waals surface area contributed by atoms with Crippen molar-refractivity contribution in [1.29, 1.82) is 0 Å². The number of hydrogen-bond acceptors (Lipinski definition) is 4. The Morgan fingerprint density at radius 3 is 2.71 bits per heavy atom. The van der Waals surface area contributed by atoms with Crippen molar-refractivity contribution in [1.82, 2.24) is 10.2 Å². The van der Waals surface area contributed by atoms with Crippen LogP contribution in [0.4, 0.5) is 5.82 Å². The molecule has 0 atom stereocenters. The van der Waals surface area contributed by atoms with Crippen LogP contribution >= 0.6 is 11.6 Å². The third kappa shape index (κ3) is 4.64. The zero-order valence-electron chi connectivity index (χ0n) is 14.1. The summed E-state index contributed by atoms with van der Waals surface area (Å²) >= 11 is 6.29. The van der Waals surface area contributed by atoms with Crippen LogP contribution in [0.1, 0.15) is 42.7 Å². The summed E-state index contributed by atoms with van der Waals surface area (Å²) in [5.74, 6) is 1.07. The number of hydrogen-bond donors (Lipinski definition) is 2. The Bertz CT molecular complexity index is 700. The number of aryl methyl sites for hydroxylation is 1. The summed E-state index contributed by atoms with van der Waals surface area (Å²) in [7, 11) is 0. The molecule has 0 aliphatic heterocycles. The predicted octanol–water partition coefficient (Wildman–Crippen LogP) is 4.20. The summed E-state index contributed by atoms with van der Waals surface area (Å²) in [4.78, 5) is 12.4. The van der Waals surface area contributed by atoms with E-state index in [2.05, 4.69) is 22.4 Å². The molecule has 2 aromatic rings. The smallest absolute Gasteiger partial charge is 0.257 e. The molecule has 0 fully saturated rings. The summed E-state index contributed by atoms with van der Waals surface area (Å²) in [6.45, 7) is 6.80. The monoisotopic (exact) mass is 351 g/mol. The number of halogens is 1. The Morgan fingerprint density at radius 2 is 2.08 bits per heavy atom. The summed E-state index contributed by atoms with van der Waals surface area (Å²) in [6.07, 6.45) is 1.94. The van der Waals surface area contributed by atoms with E-state index < -0.39 is 0 Å². The normalized spacial score (nSPS) is 10.5. The Hall–Kier alpha value is -2.21. The number of rotatable bonds is 8. The van der Waals surface area contributed by atoms with Gasteiger partial charge in [-0.3, -0.25) is 9.89 Å². The molecule has 0 bridgehead atoms. The maximum atomic E-state index is 12.4. The van der Waals surface area contributed by atoms with Crippen LogP contribution in [-0.2, 0) is 0 Å². The van der Waals surface area contributed by atoms with E-state index >= 15 is 0 Å². The van der Waals surface area contributed by atoms with Gasteiger partial charge in [-0.15, -0.1) is 0 Å². The van der Waals surface area contributed by atoms with Crippen LogP contribution < -0.4 is 14.8 Å². The summed E-state index contributed by atoms with van der Waals surface area (Å²) in [5, 5.41) is 9.81. The molecule has 0 spiro atoms. The number of carbonyl (C=O) groups excluding carboxylic acids is 1. The molecule has 0 saturated heterocycles. The highest BCUT2D eigenvalue weighted by Crippen LogP contribution is 2.37. The van der Waals surface area contributed by atoms with Crippen molar-refractivity contribution >= 4 is 23.3 Å². The van der Waals surface area contributed by atoms with Gasteiger partial charge in [-0.05, 0) is 32.4 Å². The van der Waals surface area contributed by atoms with Crippen molar-refractivity contribution in [2.75, 3.05) is 18.5 Å². The second kappa shape index (κ2) is 8.59. The van der Waals surface area contributed by atoms with E-state index in [0.29, 0.717) is 41.1 Å². The fourth-order valence-corrected chi connectivity index (χ4v) is 2.36. The number of benzene rings is 1. The molecule has 6 nitrogen and oxygen atoms in total. The number of carbonyl (C=O) groups is 1. The van der Waals surface area contributed by atoms with E-state index in [1.807, 2.05) is 13.8 Å². The first-order valence-electron chi connectivity index (χ1n) is 7.97.